The topological polar surface area (TPSA) is 32.3 Å². The number of pyridine rings is 2. The Labute approximate surface area is 244 Å². The van der Waals surface area contributed by atoms with Gasteiger partial charge in [-0.05, 0) is 82.2 Å². The summed E-state index contributed by atoms with van der Waals surface area (Å²) in [6, 6.07) is 50.9. The van der Waals surface area contributed by atoms with Crippen molar-refractivity contribution in [2.75, 3.05) is 9.80 Å². The van der Waals surface area contributed by atoms with E-state index in [0.29, 0.717) is 0 Å². The van der Waals surface area contributed by atoms with Crippen molar-refractivity contribution in [3.8, 4) is 0 Å². The quantitative estimate of drug-likeness (QED) is 0.197. The summed E-state index contributed by atoms with van der Waals surface area (Å²) in [6.07, 6.45) is 3.71. The lowest BCUT2D eigenvalue weighted by Gasteiger charge is -2.29. The van der Waals surface area contributed by atoms with E-state index in [1.807, 2.05) is 48.8 Å². The minimum Gasteiger partial charge on any atom is -0.294 e. The molecule has 0 saturated heterocycles. The molecule has 0 aliphatic carbocycles. The molecule has 198 valence electrons. The lowest BCUT2D eigenvalue weighted by atomic mass is 9.91. The van der Waals surface area contributed by atoms with E-state index in [1.54, 1.807) is 0 Å². The molecule has 6 aromatic carbocycles. The summed E-state index contributed by atoms with van der Waals surface area (Å²) < 4.78 is 0. The summed E-state index contributed by atoms with van der Waals surface area (Å²) in [5.41, 5.74) is 4.33. The Kier molecular flexibility index (Phi) is 5.75. The van der Waals surface area contributed by atoms with Crippen molar-refractivity contribution in [2.45, 2.75) is 0 Å². The summed E-state index contributed by atoms with van der Waals surface area (Å²) in [5, 5.41) is 7.21. The van der Waals surface area contributed by atoms with Crippen LogP contribution in [0.3, 0.4) is 0 Å². The minimum atomic E-state index is 0.879. The smallest absolute Gasteiger partial charge is 0.137 e. The van der Waals surface area contributed by atoms with Gasteiger partial charge in [-0.25, -0.2) is 9.97 Å². The van der Waals surface area contributed by atoms with Crippen molar-refractivity contribution in [1.29, 1.82) is 0 Å². The van der Waals surface area contributed by atoms with Crippen LogP contribution in [-0.4, -0.2) is 9.97 Å². The number of aromatic nitrogens is 2. The molecule has 0 aliphatic heterocycles. The maximum absolute atomic E-state index is 4.78. The van der Waals surface area contributed by atoms with Crippen LogP contribution in [0.5, 0.6) is 0 Å². The van der Waals surface area contributed by atoms with Gasteiger partial charge in [-0.2, -0.15) is 0 Å². The number of rotatable bonds is 6. The highest BCUT2D eigenvalue weighted by molar-refractivity contribution is 6.29. The molecule has 4 heteroatoms. The monoisotopic (exact) mass is 538 g/mol. The van der Waals surface area contributed by atoms with Crippen LogP contribution in [0.2, 0.25) is 0 Å². The number of para-hydroxylation sites is 2. The fourth-order valence-corrected chi connectivity index (χ4v) is 6.10. The lowest BCUT2D eigenvalue weighted by Crippen LogP contribution is -2.13. The summed E-state index contributed by atoms with van der Waals surface area (Å²) >= 11 is 0. The predicted octanol–water partition coefficient (Wildman–Crippen LogP) is 10.3. The third-order valence-corrected chi connectivity index (χ3v) is 7.85. The highest BCUT2D eigenvalue weighted by atomic mass is 15.2. The van der Waals surface area contributed by atoms with Gasteiger partial charge in [0.15, 0.2) is 0 Å². The van der Waals surface area contributed by atoms with E-state index in [4.69, 9.17) is 9.97 Å². The van der Waals surface area contributed by atoms with E-state index < -0.39 is 0 Å². The number of anilines is 6. The third-order valence-electron chi connectivity index (χ3n) is 7.85. The molecule has 0 unspecified atom stereocenters. The average molecular weight is 539 g/mol. The van der Waals surface area contributed by atoms with Crippen LogP contribution in [0.4, 0.5) is 34.4 Å². The average Bonchev–Trinajstić information content (AvgIpc) is 3.06. The van der Waals surface area contributed by atoms with E-state index in [-0.39, 0.29) is 0 Å². The van der Waals surface area contributed by atoms with E-state index in [9.17, 15) is 0 Å². The molecule has 4 nitrogen and oxygen atoms in total. The number of benzene rings is 6. The van der Waals surface area contributed by atoms with Gasteiger partial charge >= 0.3 is 0 Å². The van der Waals surface area contributed by atoms with Gasteiger partial charge in [0.1, 0.15) is 11.6 Å². The number of hydrogen-bond acceptors (Lipinski definition) is 4. The Morgan fingerprint density at radius 1 is 0.381 bits per heavy atom. The zero-order valence-corrected chi connectivity index (χ0v) is 22.8. The first kappa shape index (κ1) is 24.1. The molecule has 2 aromatic heterocycles. The normalized spacial score (nSPS) is 11.3. The van der Waals surface area contributed by atoms with E-state index in [2.05, 4.69) is 119 Å². The Bertz CT molecular complexity index is 1890. The molecule has 0 bridgehead atoms. The van der Waals surface area contributed by atoms with Crippen LogP contribution in [0.15, 0.2) is 158 Å². The molecule has 0 fully saturated rings. The van der Waals surface area contributed by atoms with Gasteiger partial charge < -0.3 is 0 Å². The fourth-order valence-electron chi connectivity index (χ4n) is 6.10. The SMILES string of the molecule is c1ccc(N(c2ccccn2)c2cc3cccc4c(N(c5ccccc5)c5ccccn5)cc5cccc2c5c34)cc1. The molecule has 0 saturated carbocycles. The summed E-state index contributed by atoms with van der Waals surface area (Å²) in [7, 11) is 0. The van der Waals surface area contributed by atoms with Crippen molar-refractivity contribution in [2.24, 2.45) is 0 Å². The molecule has 8 rings (SSSR count). The number of nitrogens with zero attached hydrogens (tertiary/aromatic N) is 4. The molecular weight excluding hydrogens is 512 g/mol. The second-order valence-corrected chi connectivity index (χ2v) is 10.3. The first-order valence-electron chi connectivity index (χ1n) is 14.1. The van der Waals surface area contributed by atoms with Gasteiger partial charge in [0, 0.05) is 34.5 Å². The van der Waals surface area contributed by atoms with E-state index >= 15 is 0 Å². The van der Waals surface area contributed by atoms with Crippen LogP contribution < -0.4 is 9.80 Å². The van der Waals surface area contributed by atoms with Crippen LogP contribution >= 0.6 is 0 Å². The van der Waals surface area contributed by atoms with E-state index in [1.165, 1.54) is 32.3 Å². The van der Waals surface area contributed by atoms with Gasteiger partial charge in [0.05, 0.1) is 11.4 Å². The third kappa shape index (κ3) is 3.93. The molecule has 0 N–H and O–H groups in total. The van der Waals surface area contributed by atoms with Gasteiger partial charge in [0.25, 0.3) is 0 Å². The van der Waals surface area contributed by atoms with Gasteiger partial charge in [-0.3, -0.25) is 9.80 Å². The molecule has 0 amide bonds. The zero-order chi connectivity index (χ0) is 27.9. The van der Waals surface area contributed by atoms with Crippen LogP contribution in [-0.2, 0) is 0 Å². The Morgan fingerprint density at radius 2 is 0.810 bits per heavy atom. The van der Waals surface area contributed by atoms with Crippen molar-refractivity contribution in [3.05, 3.63) is 158 Å². The molecule has 42 heavy (non-hydrogen) atoms. The van der Waals surface area contributed by atoms with Crippen LogP contribution in [0.25, 0.3) is 32.3 Å². The molecule has 8 aromatic rings. The fraction of sp³-hybridized carbons (Fsp3) is 0. The van der Waals surface area contributed by atoms with Crippen molar-refractivity contribution in [3.63, 3.8) is 0 Å². The molecule has 0 aliphatic rings. The highest BCUT2D eigenvalue weighted by Gasteiger charge is 2.23. The summed E-state index contributed by atoms with van der Waals surface area (Å²) in [6.45, 7) is 0. The molecule has 0 spiro atoms. The van der Waals surface area contributed by atoms with Crippen molar-refractivity contribution < 1.29 is 0 Å². The second-order valence-electron chi connectivity index (χ2n) is 10.3. The minimum absolute atomic E-state index is 0.879. The van der Waals surface area contributed by atoms with Gasteiger partial charge in [0.2, 0.25) is 0 Å². The second kappa shape index (κ2) is 10.0. The molecule has 0 atom stereocenters. The van der Waals surface area contributed by atoms with Crippen molar-refractivity contribution in [1.82, 2.24) is 9.97 Å². The van der Waals surface area contributed by atoms with Crippen molar-refractivity contribution >= 4 is 66.7 Å². The van der Waals surface area contributed by atoms with Gasteiger partial charge in [-0.1, -0.05) is 84.9 Å². The Hall–Kier alpha value is -5.74. The van der Waals surface area contributed by atoms with Crippen LogP contribution in [0, 0.1) is 0 Å². The Balaban J connectivity index is 1.45. The zero-order valence-electron chi connectivity index (χ0n) is 22.8. The van der Waals surface area contributed by atoms with Gasteiger partial charge in [-0.15, -0.1) is 0 Å². The first-order valence-corrected chi connectivity index (χ1v) is 14.1. The lowest BCUT2D eigenvalue weighted by molar-refractivity contribution is 1.19. The summed E-state index contributed by atoms with van der Waals surface area (Å²) in [5.74, 6) is 1.76. The molecule has 2 heterocycles. The predicted molar refractivity (Wildman–Crippen MR) is 175 cm³/mol. The molecular formula is C38H26N4. The number of hydrogen-bond donors (Lipinski definition) is 0. The van der Waals surface area contributed by atoms with E-state index in [0.717, 1.165) is 34.4 Å². The van der Waals surface area contributed by atoms with Crippen LogP contribution in [0.1, 0.15) is 0 Å². The maximum Gasteiger partial charge on any atom is 0.137 e. The maximum atomic E-state index is 4.78. The first-order chi connectivity index (χ1) is 20.9. The Morgan fingerprint density at radius 3 is 1.21 bits per heavy atom. The molecule has 0 radical (unpaired) electrons. The standard InChI is InChI=1S/C38H26N4/c1-3-15-29(16-4-1)41(35-21-7-9-23-39-35)33-25-27-13-12-20-32-34(26-28-14-11-19-31(33)37(28)38(27)32)42(30-17-5-2-6-18-30)36-22-8-10-24-40-36/h1-26H. The highest BCUT2D eigenvalue weighted by Crippen LogP contribution is 2.48. The largest absolute Gasteiger partial charge is 0.294 e. The summed E-state index contributed by atoms with van der Waals surface area (Å²) in [4.78, 5) is 14.1.